The molecule has 212 valence electrons. The van der Waals surface area contributed by atoms with E-state index in [1.165, 1.54) is 11.8 Å². The van der Waals surface area contributed by atoms with Crippen molar-refractivity contribution in [2.24, 2.45) is 17.2 Å². The molecule has 1 aromatic carbocycles. The summed E-state index contributed by atoms with van der Waals surface area (Å²) in [5.74, 6) is -3.30. The monoisotopic (exact) mass is 552 g/mol. The molecule has 0 heterocycles. The molecule has 4 unspecified atom stereocenters. The van der Waals surface area contributed by atoms with Crippen molar-refractivity contribution in [3.05, 3.63) is 35.9 Å². The van der Waals surface area contributed by atoms with Crippen LogP contribution < -0.4 is 33.2 Å². The maximum Gasteiger partial charge on any atom is 0.326 e. The molecule has 0 saturated carbocycles. The van der Waals surface area contributed by atoms with Crippen molar-refractivity contribution < 1.29 is 29.1 Å². The van der Waals surface area contributed by atoms with Crippen LogP contribution in [-0.4, -0.2) is 77.4 Å². The topological polar surface area (TPSA) is 220 Å². The molecule has 0 aliphatic rings. The van der Waals surface area contributed by atoms with E-state index in [0.717, 1.165) is 12.0 Å². The van der Waals surface area contributed by atoms with Crippen molar-refractivity contribution in [3.8, 4) is 0 Å². The average molecular weight is 553 g/mol. The number of unbranched alkanes of at least 4 members (excludes halogenated alkanes) is 1. The first kappa shape index (κ1) is 32.9. The number of carboxylic acids is 1. The van der Waals surface area contributed by atoms with Crippen molar-refractivity contribution in [1.29, 1.82) is 0 Å². The summed E-state index contributed by atoms with van der Waals surface area (Å²) >= 11 is 1.49. The molecule has 4 amide bonds. The number of amides is 4. The zero-order valence-electron chi connectivity index (χ0n) is 21.7. The number of hydrogen-bond donors (Lipinski definition) is 7. The fourth-order valence-corrected chi connectivity index (χ4v) is 4.04. The Morgan fingerprint density at radius 2 is 1.47 bits per heavy atom. The third kappa shape index (κ3) is 12.9. The molecule has 0 spiro atoms. The number of carboxylic acid groups (broad SMARTS) is 1. The van der Waals surface area contributed by atoms with Crippen molar-refractivity contribution in [3.63, 3.8) is 0 Å². The number of nitrogens with one attached hydrogen (secondary N) is 3. The highest BCUT2D eigenvalue weighted by Crippen LogP contribution is 2.08. The van der Waals surface area contributed by atoms with E-state index in [9.17, 15) is 29.1 Å². The lowest BCUT2D eigenvalue weighted by Crippen LogP contribution is -2.57. The van der Waals surface area contributed by atoms with Crippen LogP contribution in [0.1, 0.15) is 44.1 Å². The van der Waals surface area contributed by atoms with Gasteiger partial charge in [-0.2, -0.15) is 11.8 Å². The lowest BCUT2D eigenvalue weighted by Gasteiger charge is -2.25. The van der Waals surface area contributed by atoms with E-state index in [-0.39, 0.29) is 19.3 Å². The molecule has 12 nitrogen and oxygen atoms in total. The van der Waals surface area contributed by atoms with Gasteiger partial charge in [0.2, 0.25) is 23.6 Å². The molecule has 13 heteroatoms. The number of nitrogens with two attached hydrogens (primary N) is 3. The minimum Gasteiger partial charge on any atom is -0.480 e. The first-order valence-electron chi connectivity index (χ1n) is 12.5. The van der Waals surface area contributed by atoms with Gasteiger partial charge in [0, 0.05) is 12.8 Å². The molecule has 0 aliphatic carbocycles. The van der Waals surface area contributed by atoms with E-state index in [4.69, 9.17) is 17.2 Å². The molecule has 0 aliphatic heterocycles. The van der Waals surface area contributed by atoms with E-state index < -0.39 is 53.8 Å². The minimum atomic E-state index is -1.37. The van der Waals surface area contributed by atoms with Gasteiger partial charge in [-0.25, -0.2) is 4.79 Å². The Kier molecular flexibility index (Phi) is 15.7. The predicted molar refractivity (Wildman–Crippen MR) is 146 cm³/mol. The van der Waals surface area contributed by atoms with Crippen molar-refractivity contribution in [1.82, 2.24) is 16.0 Å². The predicted octanol–water partition coefficient (Wildman–Crippen LogP) is -0.757. The van der Waals surface area contributed by atoms with Gasteiger partial charge in [-0.05, 0) is 49.8 Å². The van der Waals surface area contributed by atoms with Crippen molar-refractivity contribution >= 4 is 41.4 Å². The molecular formula is C25H40N6O6S. The lowest BCUT2D eigenvalue weighted by atomic mass is 10.0. The molecule has 0 radical (unpaired) electrons. The third-order valence-electron chi connectivity index (χ3n) is 5.76. The van der Waals surface area contributed by atoms with Crippen LogP contribution in [0.4, 0.5) is 0 Å². The maximum absolute atomic E-state index is 13.3. The van der Waals surface area contributed by atoms with Crippen LogP contribution >= 0.6 is 11.8 Å². The summed E-state index contributed by atoms with van der Waals surface area (Å²) in [6, 6.07) is 4.59. The highest BCUT2D eigenvalue weighted by atomic mass is 32.2. The van der Waals surface area contributed by atoms with Gasteiger partial charge in [-0.15, -0.1) is 0 Å². The number of thioether (sulfide) groups is 1. The summed E-state index contributed by atoms with van der Waals surface area (Å²) in [5.41, 5.74) is 17.3. The Hall–Kier alpha value is -3.16. The summed E-state index contributed by atoms with van der Waals surface area (Å²) in [6.07, 6.45) is 3.61. The van der Waals surface area contributed by atoms with Crippen molar-refractivity contribution in [2.45, 2.75) is 69.1 Å². The summed E-state index contributed by atoms with van der Waals surface area (Å²) in [7, 11) is 0. The highest BCUT2D eigenvalue weighted by molar-refractivity contribution is 7.98. The van der Waals surface area contributed by atoms with Crippen LogP contribution in [0.25, 0.3) is 0 Å². The Morgan fingerprint density at radius 3 is 2.05 bits per heavy atom. The number of carbonyl (C=O) groups excluding carboxylic acids is 4. The van der Waals surface area contributed by atoms with Gasteiger partial charge < -0.3 is 38.3 Å². The Balaban J connectivity index is 3.05. The second-order valence-electron chi connectivity index (χ2n) is 8.89. The molecule has 0 fully saturated rings. The van der Waals surface area contributed by atoms with Crippen LogP contribution in [-0.2, 0) is 30.4 Å². The van der Waals surface area contributed by atoms with E-state index in [1.807, 2.05) is 6.26 Å². The standard InChI is InChI=1S/C25H40N6O6S/c1-38-14-12-18(29-22(33)17(27)9-5-6-13-26)23(34)31-20(15-16-7-3-2-4-8-16)24(35)30-19(25(36)37)10-11-21(28)32/h2-4,7-8,17-20H,5-6,9-15,26-27H2,1H3,(H2,28,32)(H,29,33)(H,30,35)(H,31,34)(H,36,37). The molecule has 1 rings (SSSR count). The summed E-state index contributed by atoms with van der Waals surface area (Å²) in [5, 5.41) is 17.2. The minimum absolute atomic E-state index is 0.0718. The van der Waals surface area contributed by atoms with Crippen LogP contribution in [0.15, 0.2) is 30.3 Å². The van der Waals surface area contributed by atoms with Crippen LogP contribution in [0, 0.1) is 0 Å². The van der Waals surface area contributed by atoms with E-state index in [2.05, 4.69) is 16.0 Å². The number of primary amides is 1. The molecule has 0 aromatic heterocycles. The fourth-order valence-electron chi connectivity index (χ4n) is 3.57. The Bertz CT molecular complexity index is 919. The first-order chi connectivity index (χ1) is 18.1. The molecule has 0 saturated heterocycles. The number of benzene rings is 1. The van der Waals surface area contributed by atoms with Crippen molar-refractivity contribution in [2.75, 3.05) is 18.6 Å². The van der Waals surface area contributed by atoms with Crippen LogP contribution in [0.3, 0.4) is 0 Å². The average Bonchev–Trinajstić information content (AvgIpc) is 2.88. The molecule has 38 heavy (non-hydrogen) atoms. The normalized spacial score (nSPS) is 14.0. The SMILES string of the molecule is CSCCC(NC(=O)C(N)CCCCN)C(=O)NC(Cc1ccccc1)C(=O)NC(CCC(N)=O)C(=O)O. The molecular weight excluding hydrogens is 512 g/mol. The quantitative estimate of drug-likeness (QED) is 0.107. The Morgan fingerprint density at radius 1 is 0.868 bits per heavy atom. The second kappa shape index (κ2) is 18.2. The van der Waals surface area contributed by atoms with Gasteiger partial charge in [-0.1, -0.05) is 36.8 Å². The summed E-state index contributed by atoms with van der Waals surface area (Å²) in [6.45, 7) is 0.489. The molecule has 10 N–H and O–H groups in total. The van der Waals surface area contributed by atoms with E-state index in [0.29, 0.717) is 31.6 Å². The molecule has 0 bridgehead atoms. The van der Waals surface area contributed by atoms with Crippen LogP contribution in [0.2, 0.25) is 0 Å². The zero-order chi connectivity index (χ0) is 28.5. The van der Waals surface area contributed by atoms with E-state index >= 15 is 0 Å². The van der Waals surface area contributed by atoms with Gasteiger partial charge in [-0.3, -0.25) is 19.2 Å². The smallest absolute Gasteiger partial charge is 0.326 e. The third-order valence-corrected chi connectivity index (χ3v) is 6.40. The molecule has 4 atom stereocenters. The van der Waals surface area contributed by atoms with E-state index in [1.54, 1.807) is 30.3 Å². The summed E-state index contributed by atoms with van der Waals surface area (Å²) in [4.78, 5) is 61.8. The van der Waals surface area contributed by atoms with Gasteiger partial charge in [0.15, 0.2) is 0 Å². The molecule has 1 aromatic rings. The largest absolute Gasteiger partial charge is 0.480 e. The number of hydrogen-bond acceptors (Lipinski definition) is 8. The van der Waals surface area contributed by atoms with Gasteiger partial charge in [0.25, 0.3) is 0 Å². The second-order valence-corrected chi connectivity index (χ2v) is 9.87. The van der Waals surface area contributed by atoms with Gasteiger partial charge in [0.1, 0.15) is 18.1 Å². The zero-order valence-corrected chi connectivity index (χ0v) is 22.5. The summed E-state index contributed by atoms with van der Waals surface area (Å²) < 4.78 is 0. The lowest BCUT2D eigenvalue weighted by molar-refractivity contribution is -0.142. The Labute approximate surface area is 227 Å². The van der Waals surface area contributed by atoms with Crippen LogP contribution in [0.5, 0.6) is 0 Å². The first-order valence-corrected chi connectivity index (χ1v) is 13.9. The maximum atomic E-state index is 13.3. The van der Waals surface area contributed by atoms with Gasteiger partial charge in [0.05, 0.1) is 6.04 Å². The number of aliphatic carboxylic acids is 1. The highest BCUT2D eigenvalue weighted by Gasteiger charge is 2.30. The fraction of sp³-hybridized carbons (Fsp3) is 0.560. The number of rotatable bonds is 19. The van der Waals surface area contributed by atoms with Gasteiger partial charge >= 0.3 is 5.97 Å². The number of carbonyl (C=O) groups is 5.